The van der Waals surface area contributed by atoms with Gasteiger partial charge < -0.3 is 0 Å². The molecule has 1 radical (unpaired) electrons. The quantitative estimate of drug-likeness (QED) is 0.580. The molecule has 15 heavy (non-hydrogen) atoms. The van der Waals surface area contributed by atoms with Crippen LogP contribution in [0.5, 0.6) is 0 Å². The van der Waals surface area contributed by atoms with E-state index in [9.17, 15) is 0 Å². The first-order valence-corrected chi connectivity index (χ1v) is 6.43. The van der Waals surface area contributed by atoms with Gasteiger partial charge in [-0.3, -0.25) is 0 Å². The Bertz CT molecular complexity index is 280. The predicted molar refractivity (Wildman–Crippen MR) is 66.5 cm³/mol. The summed E-state index contributed by atoms with van der Waals surface area (Å²) in [5.41, 5.74) is 3.19. The minimum atomic E-state index is 0.698. The Morgan fingerprint density at radius 3 is 2.80 bits per heavy atom. The van der Waals surface area contributed by atoms with Gasteiger partial charge in [-0.1, -0.05) is 43.6 Å². The zero-order valence-electron chi connectivity index (χ0n) is 10.3. The van der Waals surface area contributed by atoms with Gasteiger partial charge in [0.15, 0.2) is 0 Å². The van der Waals surface area contributed by atoms with E-state index in [1.54, 1.807) is 11.5 Å². The van der Waals surface area contributed by atoms with Crippen molar-refractivity contribution in [3.05, 3.63) is 29.2 Å². The molecule has 0 aromatic rings. The fourth-order valence-corrected chi connectivity index (χ4v) is 3.32. The highest BCUT2D eigenvalue weighted by molar-refractivity contribution is 5.39. The summed E-state index contributed by atoms with van der Waals surface area (Å²) >= 11 is 0. The lowest BCUT2D eigenvalue weighted by molar-refractivity contribution is 0.523. The van der Waals surface area contributed by atoms with Crippen molar-refractivity contribution < 1.29 is 0 Å². The van der Waals surface area contributed by atoms with E-state index in [-0.39, 0.29) is 0 Å². The van der Waals surface area contributed by atoms with Crippen molar-refractivity contribution in [3.63, 3.8) is 0 Å². The molecular weight excluding hydrogens is 180 g/mol. The molecule has 2 aliphatic carbocycles. The van der Waals surface area contributed by atoms with E-state index in [0.717, 1.165) is 5.92 Å². The maximum atomic E-state index is 2.37. The van der Waals surface area contributed by atoms with E-state index in [1.807, 2.05) is 0 Å². The Hall–Kier alpha value is -0.520. The highest BCUT2D eigenvalue weighted by atomic mass is 14.4. The van der Waals surface area contributed by atoms with Crippen LogP contribution in [0, 0.1) is 17.8 Å². The van der Waals surface area contributed by atoms with Crippen molar-refractivity contribution in [1.82, 2.24) is 0 Å². The Balaban J connectivity index is 2.34. The van der Waals surface area contributed by atoms with Gasteiger partial charge in [0.25, 0.3) is 0 Å². The van der Waals surface area contributed by atoms with Gasteiger partial charge in [-0.25, -0.2) is 0 Å². The Morgan fingerprint density at radius 1 is 1.27 bits per heavy atom. The van der Waals surface area contributed by atoms with Gasteiger partial charge in [0, 0.05) is 5.92 Å². The minimum Gasteiger partial charge on any atom is -0.0843 e. The normalized spacial score (nSPS) is 35.1. The molecule has 2 rings (SSSR count). The van der Waals surface area contributed by atoms with Gasteiger partial charge in [-0.05, 0) is 44.4 Å². The van der Waals surface area contributed by atoms with Crippen molar-refractivity contribution >= 4 is 0 Å². The molecule has 0 N–H and O–H groups in total. The molecule has 0 heterocycles. The van der Waals surface area contributed by atoms with Gasteiger partial charge >= 0.3 is 0 Å². The molecule has 0 heteroatoms. The number of fused-ring (bicyclic) bond motifs is 1. The molecule has 1 saturated carbocycles. The first-order valence-electron chi connectivity index (χ1n) is 6.43. The number of hydrogen-bond acceptors (Lipinski definition) is 0. The van der Waals surface area contributed by atoms with Crippen LogP contribution in [0.25, 0.3) is 0 Å². The fraction of sp³-hybridized carbons (Fsp3) is 0.667. The Morgan fingerprint density at radius 2 is 2.07 bits per heavy atom. The molecule has 0 nitrogen and oxygen atoms in total. The minimum absolute atomic E-state index is 0.698. The van der Waals surface area contributed by atoms with Crippen LogP contribution in [0.2, 0.25) is 0 Å². The lowest BCUT2D eigenvalue weighted by atomic mass is 9.77. The third-order valence-electron chi connectivity index (χ3n) is 3.89. The maximum Gasteiger partial charge on any atom is 0.00450 e. The van der Waals surface area contributed by atoms with Crippen LogP contribution in [0.4, 0.5) is 0 Å². The van der Waals surface area contributed by atoms with Gasteiger partial charge in [-0.2, -0.15) is 0 Å². The first kappa shape index (κ1) is 11.0. The summed E-state index contributed by atoms with van der Waals surface area (Å²) in [6, 6.07) is 0. The molecule has 0 aliphatic heterocycles. The van der Waals surface area contributed by atoms with Gasteiger partial charge in [-0.15, -0.1) is 0 Å². The third-order valence-corrected chi connectivity index (χ3v) is 3.89. The summed E-state index contributed by atoms with van der Waals surface area (Å²) in [5, 5.41) is 0. The summed E-state index contributed by atoms with van der Waals surface area (Å²) in [6.45, 7) is 6.98. The van der Waals surface area contributed by atoms with E-state index in [1.165, 1.54) is 37.7 Å². The fourth-order valence-electron chi connectivity index (χ4n) is 3.32. The Kier molecular flexibility index (Phi) is 3.33. The summed E-state index contributed by atoms with van der Waals surface area (Å²) in [7, 11) is 0. The molecule has 1 fully saturated rings. The van der Waals surface area contributed by atoms with Crippen LogP contribution < -0.4 is 0 Å². The van der Waals surface area contributed by atoms with Crippen LogP contribution in [0.15, 0.2) is 23.3 Å². The molecule has 1 atom stereocenters. The maximum absolute atomic E-state index is 2.37. The standard InChI is InChI=1S/C15H23/c1-11(2)15-12(3)7-4-5-8-13-9-6-10-14(13)15/h4,7,11,13H,5-6,8-10H2,1-3H3/b7-4-,15-12-. The van der Waals surface area contributed by atoms with Crippen LogP contribution in [0.1, 0.15) is 52.9 Å². The van der Waals surface area contributed by atoms with Crippen molar-refractivity contribution in [3.8, 4) is 0 Å². The second-order valence-corrected chi connectivity index (χ2v) is 5.35. The van der Waals surface area contributed by atoms with Gasteiger partial charge in [0.2, 0.25) is 0 Å². The van der Waals surface area contributed by atoms with Crippen LogP contribution in [-0.2, 0) is 0 Å². The smallest absolute Gasteiger partial charge is 0.00450 e. The van der Waals surface area contributed by atoms with Crippen molar-refractivity contribution in [1.29, 1.82) is 0 Å². The van der Waals surface area contributed by atoms with Crippen molar-refractivity contribution in [2.45, 2.75) is 52.9 Å². The highest BCUT2D eigenvalue weighted by Gasteiger charge is 2.32. The molecule has 0 spiro atoms. The molecule has 83 valence electrons. The second-order valence-electron chi connectivity index (χ2n) is 5.35. The molecule has 1 unspecified atom stereocenters. The van der Waals surface area contributed by atoms with E-state index in [0.29, 0.717) is 5.92 Å². The summed E-state index contributed by atoms with van der Waals surface area (Å²) < 4.78 is 0. The van der Waals surface area contributed by atoms with E-state index in [2.05, 4.69) is 32.9 Å². The van der Waals surface area contributed by atoms with Gasteiger partial charge in [0.1, 0.15) is 0 Å². The van der Waals surface area contributed by atoms with Crippen LogP contribution >= 0.6 is 0 Å². The molecule has 0 aromatic heterocycles. The topological polar surface area (TPSA) is 0 Å². The first-order chi connectivity index (χ1) is 7.20. The van der Waals surface area contributed by atoms with Gasteiger partial charge in [0.05, 0.1) is 0 Å². The average Bonchev–Trinajstić information content (AvgIpc) is 2.57. The summed E-state index contributed by atoms with van der Waals surface area (Å²) in [6.07, 6.45) is 11.6. The SMILES string of the molecule is CC1=C(\C(C)C)[C]2CCCC2CC/C=C\1. The lowest BCUT2D eigenvalue weighted by Crippen LogP contribution is -2.15. The largest absolute Gasteiger partial charge is 0.0843 e. The molecule has 0 saturated heterocycles. The molecule has 0 amide bonds. The third kappa shape index (κ3) is 2.19. The number of rotatable bonds is 1. The second kappa shape index (κ2) is 4.55. The zero-order valence-corrected chi connectivity index (χ0v) is 10.3. The van der Waals surface area contributed by atoms with E-state index >= 15 is 0 Å². The average molecular weight is 203 g/mol. The molecule has 0 aromatic carbocycles. The number of allylic oxidation sites excluding steroid dienone is 4. The Labute approximate surface area is 94.5 Å². The monoisotopic (exact) mass is 203 g/mol. The van der Waals surface area contributed by atoms with E-state index in [4.69, 9.17) is 0 Å². The molecule has 0 bridgehead atoms. The molecule has 2 aliphatic rings. The van der Waals surface area contributed by atoms with Crippen molar-refractivity contribution in [2.75, 3.05) is 0 Å². The highest BCUT2D eigenvalue weighted by Crippen LogP contribution is 2.45. The number of hydrogen-bond donors (Lipinski definition) is 0. The predicted octanol–water partition coefficient (Wildman–Crippen LogP) is 4.68. The molecular formula is C15H23. The summed E-state index contributed by atoms with van der Waals surface area (Å²) in [4.78, 5) is 0. The van der Waals surface area contributed by atoms with Crippen LogP contribution in [0.3, 0.4) is 0 Å². The summed E-state index contributed by atoms with van der Waals surface area (Å²) in [5.74, 6) is 3.40. The van der Waals surface area contributed by atoms with E-state index < -0.39 is 0 Å². The van der Waals surface area contributed by atoms with Crippen LogP contribution in [-0.4, -0.2) is 0 Å². The lowest BCUT2D eigenvalue weighted by Gasteiger charge is -2.27. The van der Waals surface area contributed by atoms with Crippen molar-refractivity contribution in [2.24, 2.45) is 11.8 Å². The zero-order chi connectivity index (χ0) is 10.8.